The van der Waals surface area contributed by atoms with Gasteiger partial charge in [-0.15, -0.1) is 0 Å². The molecule has 0 bridgehead atoms. The number of ether oxygens (including phenoxy) is 1. The van der Waals surface area contributed by atoms with Gasteiger partial charge in [-0.2, -0.15) is 0 Å². The molecule has 0 spiro atoms. The second kappa shape index (κ2) is 8.78. The molecule has 2 aromatic carbocycles. The third-order valence-corrected chi connectivity index (χ3v) is 5.30. The fourth-order valence-electron chi connectivity index (χ4n) is 3.41. The minimum Gasteiger partial charge on any atom is -0.486 e. The van der Waals surface area contributed by atoms with Gasteiger partial charge >= 0.3 is 0 Å². The van der Waals surface area contributed by atoms with E-state index in [1.165, 1.54) is 12.1 Å². The molecular formula is C24H22ClFN4O. The molecule has 0 amide bonds. The Morgan fingerprint density at radius 3 is 2.61 bits per heavy atom. The molecule has 2 atom stereocenters. The van der Waals surface area contributed by atoms with Gasteiger partial charge in [0, 0.05) is 41.3 Å². The van der Waals surface area contributed by atoms with Crippen LogP contribution >= 0.6 is 11.6 Å². The van der Waals surface area contributed by atoms with E-state index in [9.17, 15) is 4.39 Å². The standard InChI is InChI=1S/C24H22ClFN4O/c1-14-8-20(11-23(31-14)18-6-7-21(25)22(26)10-18)30-15(2)16-4-3-5-17(9-16)19-12-28-24(27)29-13-19/h3-15,30H,1-2H3,(H2,27,28,29). The SMILES string of the molecule is CC1C=C(NC(C)c2cccc(-c3cnc(N)nc3)c2)C=C(c2ccc(Cl)c(F)c2)O1. The first-order chi connectivity index (χ1) is 14.9. The maximum atomic E-state index is 13.9. The highest BCUT2D eigenvalue weighted by molar-refractivity contribution is 6.30. The fourth-order valence-corrected chi connectivity index (χ4v) is 3.53. The van der Waals surface area contributed by atoms with Gasteiger partial charge in [0.25, 0.3) is 0 Å². The number of rotatable bonds is 5. The summed E-state index contributed by atoms with van der Waals surface area (Å²) in [6.45, 7) is 4.02. The average Bonchev–Trinajstić information content (AvgIpc) is 2.76. The van der Waals surface area contributed by atoms with Gasteiger partial charge < -0.3 is 15.8 Å². The summed E-state index contributed by atoms with van der Waals surface area (Å²) in [6, 6.07) is 12.8. The number of hydrogen-bond acceptors (Lipinski definition) is 5. The number of allylic oxidation sites excluding steroid dienone is 1. The number of anilines is 1. The smallest absolute Gasteiger partial charge is 0.219 e. The first-order valence-electron chi connectivity index (χ1n) is 9.89. The molecule has 1 aliphatic rings. The molecule has 7 heteroatoms. The number of aromatic nitrogens is 2. The van der Waals surface area contributed by atoms with E-state index in [2.05, 4.69) is 34.3 Å². The maximum Gasteiger partial charge on any atom is 0.219 e. The minimum atomic E-state index is -0.475. The third kappa shape index (κ3) is 4.86. The number of benzene rings is 2. The van der Waals surface area contributed by atoms with Crippen LogP contribution in [0.1, 0.15) is 31.0 Å². The highest BCUT2D eigenvalue weighted by Crippen LogP contribution is 2.28. The van der Waals surface area contributed by atoms with Crippen LogP contribution in [-0.2, 0) is 4.74 Å². The predicted molar refractivity (Wildman–Crippen MR) is 121 cm³/mol. The van der Waals surface area contributed by atoms with Gasteiger partial charge in [0.2, 0.25) is 5.95 Å². The summed E-state index contributed by atoms with van der Waals surface area (Å²) < 4.78 is 19.8. The van der Waals surface area contributed by atoms with E-state index in [4.69, 9.17) is 22.1 Å². The Morgan fingerprint density at radius 2 is 1.87 bits per heavy atom. The average molecular weight is 437 g/mol. The maximum absolute atomic E-state index is 13.9. The van der Waals surface area contributed by atoms with Crippen LogP contribution in [0.5, 0.6) is 0 Å². The zero-order chi connectivity index (χ0) is 22.0. The van der Waals surface area contributed by atoms with E-state index >= 15 is 0 Å². The van der Waals surface area contributed by atoms with Crippen molar-refractivity contribution in [1.82, 2.24) is 15.3 Å². The molecule has 0 saturated carbocycles. The Kier molecular flexibility index (Phi) is 5.91. The monoisotopic (exact) mass is 436 g/mol. The van der Waals surface area contributed by atoms with Gasteiger partial charge in [-0.1, -0.05) is 29.8 Å². The van der Waals surface area contributed by atoms with Crippen molar-refractivity contribution in [3.8, 4) is 11.1 Å². The summed E-state index contributed by atoms with van der Waals surface area (Å²) in [6.07, 6.45) is 7.12. The van der Waals surface area contributed by atoms with E-state index in [0.29, 0.717) is 11.3 Å². The number of hydrogen-bond donors (Lipinski definition) is 2. The normalized spacial score (nSPS) is 16.7. The van der Waals surface area contributed by atoms with E-state index in [1.54, 1.807) is 18.5 Å². The van der Waals surface area contributed by atoms with Gasteiger partial charge in [-0.05, 0) is 55.3 Å². The van der Waals surface area contributed by atoms with E-state index in [1.807, 2.05) is 31.2 Å². The molecule has 1 aromatic heterocycles. The number of halogens is 2. The lowest BCUT2D eigenvalue weighted by molar-refractivity contribution is 0.224. The molecular weight excluding hydrogens is 415 g/mol. The van der Waals surface area contributed by atoms with Crippen LogP contribution in [0.3, 0.4) is 0 Å². The van der Waals surface area contributed by atoms with E-state index in [0.717, 1.165) is 22.4 Å². The van der Waals surface area contributed by atoms with E-state index in [-0.39, 0.29) is 23.1 Å². The summed E-state index contributed by atoms with van der Waals surface area (Å²) in [4.78, 5) is 8.13. The highest BCUT2D eigenvalue weighted by Gasteiger charge is 2.17. The zero-order valence-electron chi connectivity index (χ0n) is 17.1. The van der Waals surface area contributed by atoms with Crippen molar-refractivity contribution in [2.45, 2.75) is 26.0 Å². The quantitative estimate of drug-likeness (QED) is 0.551. The van der Waals surface area contributed by atoms with Crippen LogP contribution in [0.4, 0.5) is 10.3 Å². The largest absolute Gasteiger partial charge is 0.486 e. The van der Waals surface area contributed by atoms with Crippen LogP contribution in [0.25, 0.3) is 16.9 Å². The third-order valence-electron chi connectivity index (χ3n) is 4.99. The van der Waals surface area contributed by atoms with Crippen molar-refractivity contribution >= 4 is 23.3 Å². The molecule has 0 aliphatic carbocycles. The Morgan fingerprint density at radius 1 is 1.10 bits per heavy atom. The summed E-state index contributed by atoms with van der Waals surface area (Å²) in [7, 11) is 0. The molecule has 3 N–H and O–H groups in total. The van der Waals surface area contributed by atoms with Crippen molar-refractivity contribution in [1.29, 1.82) is 0 Å². The van der Waals surface area contributed by atoms with Crippen LogP contribution < -0.4 is 11.1 Å². The molecule has 2 unspecified atom stereocenters. The van der Waals surface area contributed by atoms with Crippen molar-refractivity contribution < 1.29 is 9.13 Å². The van der Waals surface area contributed by atoms with Gasteiger partial charge in [0.15, 0.2) is 0 Å². The van der Waals surface area contributed by atoms with Crippen molar-refractivity contribution in [3.63, 3.8) is 0 Å². The van der Waals surface area contributed by atoms with Crippen LogP contribution in [0.15, 0.2) is 72.7 Å². The minimum absolute atomic E-state index is 0.0191. The lowest BCUT2D eigenvalue weighted by Gasteiger charge is -2.24. The summed E-state index contributed by atoms with van der Waals surface area (Å²) in [5.74, 6) is 0.365. The molecule has 0 fully saturated rings. The first kappa shape index (κ1) is 20.9. The van der Waals surface area contributed by atoms with Crippen molar-refractivity contribution in [2.75, 3.05) is 5.73 Å². The molecule has 4 rings (SSSR count). The lowest BCUT2D eigenvalue weighted by Crippen LogP contribution is -2.22. The Hall–Kier alpha value is -3.38. The number of nitrogen functional groups attached to an aromatic ring is 1. The molecule has 1 aliphatic heterocycles. The van der Waals surface area contributed by atoms with Gasteiger partial charge in [0.05, 0.1) is 5.02 Å². The highest BCUT2D eigenvalue weighted by atomic mass is 35.5. The molecule has 3 aromatic rings. The molecule has 0 saturated heterocycles. The zero-order valence-corrected chi connectivity index (χ0v) is 17.9. The Labute approximate surface area is 185 Å². The van der Waals surface area contributed by atoms with Crippen LogP contribution in [-0.4, -0.2) is 16.1 Å². The topological polar surface area (TPSA) is 73.1 Å². The summed E-state index contributed by atoms with van der Waals surface area (Å²) >= 11 is 5.81. The van der Waals surface area contributed by atoms with E-state index < -0.39 is 5.82 Å². The number of nitrogens with one attached hydrogen (secondary N) is 1. The second-order valence-electron chi connectivity index (χ2n) is 7.40. The van der Waals surface area contributed by atoms with Gasteiger partial charge in [-0.25, -0.2) is 14.4 Å². The molecule has 2 heterocycles. The van der Waals surface area contributed by atoms with Crippen LogP contribution in [0.2, 0.25) is 5.02 Å². The van der Waals surface area contributed by atoms with Crippen molar-refractivity contribution in [2.24, 2.45) is 0 Å². The molecule has 5 nitrogen and oxygen atoms in total. The molecule has 158 valence electrons. The fraction of sp³-hybridized carbons (Fsp3) is 0.167. The van der Waals surface area contributed by atoms with Crippen LogP contribution in [0, 0.1) is 5.82 Å². The summed E-state index contributed by atoms with van der Waals surface area (Å²) in [5.41, 5.74) is 10.1. The lowest BCUT2D eigenvalue weighted by atomic mass is 10.0. The molecule has 0 radical (unpaired) electrons. The summed E-state index contributed by atoms with van der Waals surface area (Å²) in [5, 5.41) is 3.60. The Balaban J connectivity index is 1.55. The Bertz CT molecular complexity index is 1160. The molecule has 31 heavy (non-hydrogen) atoms. The van der Waals surface area contributed by atoms with Crippen molar-refractivity contribution in [3.05, 3.63) is 94.7 Å². The number of nitrogens with zero attached hydrogens (tertiary/aromatic N) is 2. The van der Waals surface area contributed by atoms with Gasteiger partial charge in [-0.3, -0.25) is 0 Å². The number of nitrogens with two attached hydrogens (primary N) is 1. The predicted octanol–water partition coefficient (Wildman–Crippen LogP) is 5.51. The van der Waals surface area contributed by atoms with Gasteiger partial charge in [0.1, 0.15) is 17.7 Å². The first-order valence-corrected chi connectivity index (χ1v) is 10.3. The second-order valence-corrected chi connectivity index (χ2v) is 7.81.